The number of hydrogen-bond acceptors (Lipinski definition) is 5. The van der Waals surface area contributed by atoms with Gasteiger partial charge >= 0.3 is 0 Å². The maximum atomic E-state index is 12.7. The molecule has 0 aliphatic carbocycles. The Kier molecular flexibility index (Phi) is 4.88. The normalized spacial score (nSPS) is 11.5. The standard InChI is InChI=1S/C17H16ClN3O4S/c1-3-25-13-8-7-12(10-11(13)2)16(22)20-26(23,24)17-15(18)19-14-6-4-5-9-21(14)17/h4-10H,3H2,1-2H3,(H,20,22). The molecule has 7 nitrogen and oxygen atoms in total. The first-order chi connectivity index (χ1) is 12.3. The van der Waals surface area contributed by atoms with Crippen molar-refractivity contribution in [3.8, 4) is 5.75 Å². The van der Waals surface area contributed by atoms with Crippen LogP contribution in [0, 0.1) is 6.92 Å². The van der Waals surface area contributed by atoms with Gasteiger partial charge in [-0.05, 0) is 49.7 Å². The number of carbonyl (C=O) groups excluding carboxylic acids is 1. The second kappa shape index (κ2) is 6.97. The summed E-state index contributed by atoms with van der Waals surface area (Å²) in [7, 11) is -4.22. The van der Waals surface area contributed by atoms with Gasteiger partial charge in [-0.25, -0.2) is 9.71 Å². The van der Waals surface area contributed by atoms with Crippen LogP contribution >= 0.6 is 11.6 Å². The fourth-order valence-corrected chi connectivity index (χ4v) is 4.14. The number of benzene rings is 1. The van der Waals surface area contributed by atoms with Crippen LogP contribution in [-0.2, 0) is 10.0 Å². The van der Waals surface area contributed by atoms with Gasteiger partial charge in [-0.3, -0.25) is 9.20 Å². The van der Waals surface area contributed by atoms with Crippen LogP contribution in [-0.4, -0.2) is 30.3 Å². The molecule has 0 fully saturated rings. The van der Waals surface area contributed by atoms with E-state index in [1.165, 1.54) is 16.7 Å². The summed E-state index contributed by atoms with van der Waals surface area (Å²) < 4.78 is 34.1. The van der Waals surface area contributed by atoms with Crippen LogP contribution < -0.4 is 9.46 Å². The second-order valence-electron chi connectivity index (χ2n) is 5.48. The molecular formula is C17H16ClN3O4S. The van der Waals surface area contributed by atoms with E-state index in [0.29, 0.717) is 18.0 Å². The minimum Gasteiger partial charge on any atom is -0.494 e. The zero-order valence-electron chi connectivity index (χ0n) is 14.1. The Morgan fingerprint density at radius 1 is 1.31 bits per heavy atom. The number of hydrogen-bond donors (Lipinski definition) is 1. The fourth-order valence-electron chi connectivity index (χ4n) is 2.52. The summed E-state index contributed by atoms with van der Waals surface area (Å²) in [5, 5.41) is -0.495. The first kappa shape index (κ1) is 18.2. The number of carbonyl (C=O) groups is 1. The second-order valence-corrected chi connectivity index (χ2v) is 7.44. The number of amides is 1. The number of rotatable bonds is 5. The molecule has 3 rings (SSSR count). The van der Waals surface area contributed by atoms with Crippen molar-refractivity contribution < 1.29 is 17.9 Å². The topological polar surface area (TPSA) is 89.8 Å². The van der Waals surface area contributed by atoms with Crippen molar-refractivity contribution >= 4 is 33.2 Å². The van der Waals surface area contributed by atoms with E-state index in [-0.39, 0.29) is 15.7 Å². The maximum Gasteiger partial charge on any atom is 0.283 e. The van der Waals surface area contributed by atoms with E-state index >= 15 is 0 Å². The molecule has 0 saturated heterocycles. The van der Waals surface area contributed by atoms with Gasteiger partial charge in [-0.1, -0.05) is 17.7 Å². The summed E-state index contributed by atoms with van der Waals surface area (Å²) in [5.41, 5.74) is 1.28. The van der Waals surface area contributed by atoms with E-state index in [2.05, 4.69) is 4.98 Å². The lowest BCUT2D eigenvalue weighted by atomic mass is 10.1. The van der Waals surface area contributed by atoms with E-state index < -0.39 is 15.9 Å². The third kappa shape index (κ3) is 3.38. The molecule has 9 heteroatoms. The highest BCUT2D eigenvalue weighted by Gasteiger charge is 2.27. The molecule has 2 heterocycles. The molecule has 0 saturated carbocycles. The minimum absolute atomic E-state index is 0.194. The Bertz CT molecular complexity index is 1090. The number of ether oxygens (including phenoxy) is 1. The Hall–Kier alpha value is -2.58. The number of nitrogens with one attached hydrogen (secondary N) is 1. The molecule has 1 amide bonds. The van der Waals surface area contributed by atoms with Gasteiger partial charge in [0.25, 0.3) is 15.9 Å². The smallest absolute Gasteiger partial charge is 0.283 e. The highest BCUT2D eigenvalue weighted by Crippen LogP contribution is 2.23. The van der Waals surface area contributed by atoms with E-state index in [9.17, 15) is 13.2 Å². The number of fused-ring (bicyclic) bond motifs is 1. The third-order valence-corrected chi connectivity index (χ3v) is 5.39. The molecule has 0 atom stereocenters. The number of aromatic nitrogens is 2. The van der Waals surface area contributed by atoms with Crippen molar-refractivity contribution in [3.63, 3.8) is 0 Å². The summed E-state index contributed by atoms with van der Waals surface area (Å²) in [6, 6.07) is 9.65. The predicted molar refractivity (Wildman–Crippen MR) is 97.2 cm³/mol. The maximum absolute atomic E-state index is 12.7. The lowest BCUT2D eigenvalue weighted by molar-refractivity contribution is 0.0981. The average molecular weight is 394 g/mol. The van der Waals surface area contributed by atoms with Gasteiger partial charge in [-0.15, -0.1) is 0 Å². The highest BCUT2D eigenvalue weighted by atomic mass is 35.5. The molecule has 0 bridgehead atoms. The first-order valence-electron chi connectivity index (χ1n) is 7.76. The Balaban J connectivity index is 1.93. The number of nitrogens with zero attached hydrogens (tertiary/aromatic N) is 2. The van der Waals surface area contributed by atoms with Crippen molar-refractivity contribution in [3.05, 3.63) is 58.9 Å². The van der Waals surface area contributed by atoms with Gasteiger partial charge in [0.15, 0.2) is 10.2 Å². The van der Waals surface area contributed by atoms with Crippen molar-refractivity contribution in [2.45, 2.75) is 18.9 Å². The molecule has 0 unspecified atom stereocenters. The lowest BCUT2D eigenvalue weighted by Crippen LogP contribution is -2.31. The molecule has 0 radical (unpaired) electrons. The van der Waals surface area contributed by atoms with Crippen LogP contribution in [0.15, 0.2) is 47.6 Å². The van der Waals surface area contributed by atoms with Gasteiger partial charge in [0.2, 0.25) is 0 Å². The number of imidazole rings is 1. The summed E-state index contributed by atoms with van der Waals surface area (Å²) in [4.78, 5) is 16.4. The zero-order chi connectivity index (χ0) is 18.9. The summed E-state index contributed by atoms with van der Waals surface area (Å²) >= 11 is 5.98. The Labute approximate surface area is 155 Å². The number of pyridine rings is 1. The molecule has 26 heavy (non-hydrogen) atoms. The van der Waals surface area contributed by atoms with Crippen LogP contribution in [0.4, 0.5) is 0 Å². The van der Waals surface area contributed by atoms with Crippen molar-refractivity contribution in [2.24, 2.45) is 0 Å². The van der Waals surface area contributed by atoms with Gasteiger partial charge in [0, 0.05) is 11.8 Å². The van der Waals surface area contributed by atoms with Gasteiger partial charge in [0.05, 0.1) is 6.61 Å². The Morgan fingerprint density at radius 2 is 2.08 bits per heavy atom. The molecule has 0 spiro atoms. The lowest BCUT2D eigenvalue weighted by Gasteiger charge is -2.10. The molecule has 136 valence electrons. The van der Waals surface area contributed by atoms with E-state index in [1.54, 1.807) is 37.3 Å². The van der Waals surface area contributed by atoms with Crippen molar-refractivity contribution in [2.75, 3.05) is 6.61 Å². The zero-order valence-corrected chi connectivity index (χ0v) is 15.6. The van der Waals surface area contributed by atoms with Gasteiger partial charge < -0.3 is 4.74 Å². The largest absolute Gasteiger partial charge is 0.494 e. The molecular weight excluding hydrogens is 378 g/mol. The Morgan fingerprint density at radius 3 is 2.77 bits per heavy atom. The van der Waals surface area contributed by atoms with E-state index in [0.717, 1.165) is 5.56 Å². The van der Waals surface area contributed by atoms with Crippen LogP contribution in [0.5, 0.6) is 5.75 Å². The van der Waals surface area contributed by atoms with Crippen LogP contribution in [0.1, 0.15) is 22.8 Å². The number of sulfonamides is 1. The average Bonchev–Trinajstić information content (AvgIpc) is 2.93. The molecule has 2 aromatic heterocycles. The van der Waals surface area contributed by atoms with Gasteiger partial charge in [-0.2, -0.15) is 8.42 Å². The molecule has 3 aromatic rings. The fraction of sp³-hybridized carbons (Fsp3) is 0.176. The first-order valence-corrected chi connectivity index (χ1v) is 9.63. The van der Waals surface area contributed by atoms with Gasteiger partial charge in [0.1, 0.15) is 11.4 Å². The summed E-state index contributed by atoms with van der Waals surface area (Å²) in [5.74, 6) is -0.130. The summed E-state index contributed by atoms with van der Waals surface area (Å²) in [6.45, 7) is 4.12. The number of halogens is 1. The molecule has 1 aromatic carbocycles. The predicted octanol–water partition coefficient (Wildman–Crippen LogP) is 2.81. The van der Waals surface area contributed by atoms with Crippen LogP contribution in [0.2, 0.25) is 5.15 Å². The van der Waals surface area contributed by atoms with E-state index in [1.807, 2.05) is 11.6 Å². The quantitative estimate of drug-likeness (QED) is 0.719. The number of aryl methyl sites for hydroxylation is 1. The van der Waals surface area contributed by atoms with E-state index in [4.69, 9.17) is 16.3 Å². The monoisotopic (exact) mass is 393 g/mol. The van der Waals surface area contributed by atoms with Crippen molar-refractivity contribution in [1.82, 2.24) is 14.1 Å². The highest BCUT2D eigenvalue weighted by molar-refractivity contribution is 7.90. The van der Waals surface area contributed by atoms with Crippen LogP contribution in [0.25, 0.3) is 5.65 Å². The van der Waals surface area contributed by atoms with Crippen molar-refractivity contribution in [1.29, 1.82) is 0 Å². The minimum atomic E-state index is -4.22. The third-order valence-electron chi connectivity index (χ3n) is 3.66. The molecule has 0 aliphatic rings. The molecule has 1 N–H and O–H groups in total. The SMILES string of the molecule is CCOc1ccc(C(=O)NS(=O)(=O)c2c(Cl)nc3ccccn23)cc1C. The summed E-state index contributed by atoms with van der Waals surface area (Å²) in [6.07, 6.45) is 1.51. The molecule has 0 aliphatic heterocycles. The van der Waals surface area contributed by atoms with Crippen LogP contribution in [0.3, 0.4) is 0 Å².